The highest BCUT2D eigenvalue weighted by molar-refractivity contribution is 5.21. The van der Waals surface area contributed by atoms with Crippen molar-refractivity contribution >= 4 is 0 Å². The van der Waals surface area contributed by atoms with Gasteiger partial charge in [-0.05, 0) is 29.7 Å². The highest BCUT2D eigenvalue weighted by Crippen LogP contribution is 2.39. The molecule has 1 heterocycles. The minimum atomic E-state index is 0.329. The van der Waals surface area contributed by atoms with Crippen molar-refractivity contribution in [3.05, 3.63) is 35.9 Å². The van der Waals surface area contributed by atoms with E-state index in [1.54, 1.807) is 0 Å². The van der Waals surface area contributed by atoms with E-state index in [-0.39, 0.29) is 0 Å². The maximum absolute atomic E-state index is 3.81. The number of benzene rings is 1. The molecule has 2 heteroatoms. The van der Waals surface area contributed by atoms with Crippen LogP contribution in [-0.2, 0) is 0 Å². The van der Waals surface area contributed by atoms with E-state index >= 15 is 0 Å². The largest absolute Gasteiger partial charge is 0.310 e. The van der Waals surface area contributed by atoms with Crippen molar-refractivity contribution in [2.24, 2.45) is 11.3 Å². The summed E-state index contributed by atoms with van der Waals surface area (Å²) in [6.45, 7) is 11.7. The van der Waals surface area contributed by atoms with Gasteiger partial charge >= 0.3 is 0 Å². The predicted octanol–water partition coefficient (Wildman–Crippen LogP) is 3.85. The van der Waals surface area contributed by atoms with Crippen LogP contribution < -0.4 is 5.32 Å². The SMILES string of the molecule is CC1CC(N2CC(C(C)(C)C)NCC2c2ccccc2)C1. The molecule has 1 aliphatic heterocycles. The van der Waals surface area contributed by atoms with Gasteiger partial charge in [0.1, 0.15) is 0 Å². The minimum absolute atomic E-state index is 0.329. The van der Waals surface area contributed by atoms with Crippen LogP contribution in [0.3, 0.4) is 0 Å². The first kappa shape index (κ1) is 15.1. The Kier molecular flexibility index (Phi) is 4.11. The Morgan fingerprint density at radius 3 is 2.33 bits per heavy atom. The summed E-state index contributed by atoms with van der Waals surface area (Å²) in [4.78, 5) is 2.79. The molecule has 1 aromatic carbocycles. The number of hydrogen-bond donors (Lipinski definition) is 1. The molecule has 1 aliphatic carbocycles. The lowest BCUT2D eigenvalue weighted by atomic mass is 9.77. The zero-order valence-electron chi connectivity index (χ0n) is 14.0. The van der Waals surface area contributed by atoms with Crippen LogP contribution in [0.15, 0.2) is 30.3 Å². The van der Waals surface area contributed by atoms with Crippen LogP contribution in [0, 0.1) is 11.3 Å². The van der Waals surface area contributed by atoms with E-state index in [0.717, 1.165) is 18.5 Å². The van der Waals surface area contributed by atoms with E-state index in [2.05, 4.69) is 68.2 Å². The second-order valence-corrected chi connectivity index (χ2v) is 8.18. The first-order chi connectivity index (χ1) is 9.95. The summed E-state index contributed by atoms with van der Waals surface area (Å²) in [5, 5.41) is 3.81. The Labute approximate surface area is 129 Å². The molecule has 2 atom stereocenters. The summed E-state index contributed by atoms with van der Waals surface area (Å²) in [6.07, 6.45) is 2.75. The number of hydrogen-bond acceptors (Lipinski definition) is 2. The molecule has 1 saturated heterocycles. The van der Waals surface area contributed by atoms with E-state index in [1.807, 2.05) is 0 Å². The van der Waals surface area contributed by atoms with Gasteiger partial charge in [-0.3, -0.25) is 4.90 Å². The molecule has 116 valence electrons. The van der Waals surface area contributed by atoms with Gasteiger partial charge in [0.2, 0.25) is 0 Å². The van der Waals surface area contributed by atoms with Crippen molar-refractivity contribution in [3.8, 4) is 0 Å². The summed E-state index contributed by atoms with van der Waals surface area (Å²) in [7, 11) is 0. The topological polar surface area (TPSA) is 15.3 Å². The fourth-order valence-corrected chi connectivity index (χ4v) is 3.87. The average molecular weight is 286 g/mol. The Bertz CT molecular complexity index is 456. The summed E-state index contributed by atoms with van der Waals surface area (Å²) in [6, 6.07) is 13.0. The molecule has 21 heavy (non-hydrogen) atoms. The molecule has 0 spiro atoms. The van der Waals surface area contributed by atoms with Crippen molar-refractivity contribution in [3.63, 3.8) is 0 Å². The molecular weight excluding hydrogens is 256 g/mol. The maximum atomic E-state index is 3.81. The number of rotatable bonds is 2. The lowest BCUT2D eigenvalue weighted by Crippen LogP contribution is -2.61. The molecule has 0 aromatic heterocycles. The lowest BCUT2D eigenvalue weighted by molar-refractivity contribution is -0.000808. The van der Waals surface area contributed by atoms with Crippen molar-refractivity contribution in [1.82, 2.24) is 10.2 Å². The van der Waals surface area contributed by atoms with Crippen molar-refractivity contribution in [2.75, 3.05) is 13.1 Å². The fourth-order valence-electron chi connectivity index (χ4n) is 3.87. The van der Waals surface area contributed by atoms with Gasteiger partial charge in [0.15, 0.2) is 0 Å². The van der Waals surface area contributed by atoms with Crippen LogP contribution in [0.25, 0.3) is 0 Å². The first-order valence-corrected chi connectivity index (χ1v) is 8.49. The molecule has 2 unspecified atom stereocenters. The van der Waals surface area contributed by atoms with E-state index in [1.165, 1.54) is 24.9 Å². The third-order valence-corrected chi connectivity index (χ3v) is 5.40. The van der Waals surface area contributed by atoms with Gasteiger partial charge in [0.05, 0.1) is 0 Å². The Morgan fingerprint density at radius 1 is 1.10 bits per heavy atom. The quantitative estimate of drug-likeness (QED) is 0.888. The van der Waals surface area contributed by atoms with Gasteiger partial charge in [-0.25, -0.2) is 0 Å². The lowest BCUT2D eigenvalue weighted by Gasteiger charge is -2.52. The second-order valence-electron chi connectivity index (χ2n) is 8.18. The summed E-state index contributed by atoms with van der Waals surface area (Å²) >= 11 is 0. The van der Waals surface area contributed by atoms with Crippen LogP contribution >= 0.6 is 0 Å². The molecule has 3 rings (SSSR count). The van der Waals surface area contributed by atoms with Crippen LogP contribution in [0.5, 0.6) is 0 Å². The molecular formula is C19H30N2. The van der Waals surface area contributed by atoms with Gasteiger partial charge in [0.25, 0.3) is 0 Å². The van der Waals surface area contributed by atoms with Crippen LogP contribution in [-0.4, -0.2) is 30.1 Å². The number of piperazine rings is 1. The van der Waals surface area contributed by atoms with E-state index in [9.17, 15) is 0 Å². The van der Waals surface area contributed by atoms with Crippen molar-refractivity contribution < 1.29 is 0 Å². The third-order valence-electron chi connectivity index (χ3n) is 5.40. The van der Waals surface area contributed by atoms with E-state index in [4.69, 9.17) is 0 Å². The van der Waals surface area contributed by atoms with Crippen LogP contribution in [0.4, 0.5) is 0 Å². The maximum Gasteiger partial charge on any atom is 0.0476 e. The van der Waals surface area contributed by atoms with E-state index < -0.39 is 0 Å². The molecule has 0 bridgehead atoms. The van der Waals surface area contributed by atoms with Gasteiger partial charge in [-0.1, -0.05) is 58.0 Å². The predicted molar refractivity (Wildman–Crippen MR) is 89.3 cm³/mol. The molecule has 1 N–H and O–H groups in total. The highest BCUT2D eigenvalue weighted by Gasteiger charge is 2.41. The van der Waals surface area contributed by atoms with Crippen LogP contribution in [0.2, 0.25) is 0 Å². The monoisotopic (exact) mass is 286 g/mol. The van der Waals surface area contributed by atoms with Crippen molar-refractivity contribution in [1.29, 1.82) is 0 Å². The first-order valence-electron chi connectivity index (χ1n) is 8.49. The molecule has 2 aliphatic rings. The standard InChI is InChI=1S/C19H30N2/c1-14-10-16(11-14)21-13-18(19(2,3)4)20-12-17(21)15-8-6-5-7-9-15/h5-9,14,16-18,20H,10-13H2,1-4H3. The van der Waals surface area contributed by atoms with E-state index in [0.29, 0.717) is 17.5 Å². The fraction of sp³-hybridized carbons (Fsp3) is 0.684. The minimum Gasteiger partial charge on any atom is -0.310 e. The summed E-state index contributed by atoms with van der Waals surface area (Å²) < 4.78 is 0. The zero-order valence-corrected chi connectivity index (χ0v) is 14.0. The van der Waals surface area contributed by atoms with Crippen molar-refractivity contribution in [2.45, 2.75) is 58.7 Å². The van der Waals surface area contributed by atoms with Crippen LogP contribution in [0.1, 0.15) is 52.1 Å². The molecule has 1 saturated carbocycles. The summed E-state index contributed by atoms with van der Waals surface area (Å²) in [5.74, 6) is 0.911. The van der Waals surface area contributed by atoms with Gasteiger partial charge in [0, 0.05) is 31.2 Å². The second kappa shape index (κ2) is 5.73. The van der Waals surface area contributed by atoms with Gasteiger partial charge in [-0.15, -0.1) is 0 Å². The molecule has 0 radical (unpaired) electrons. The molecule has 0 amide bonds. The normalized spacial score (nSPS) is 34.5. The zero-order chi connectivity index (χ0) is 15.0. The molecule has 2 nitrogen and oxygen atoms in total. The summed E-state index contributed by atoms with van der Waals surface area (Å²) in [5.41, 5.74) is 1.80. The third kappa shape index (κ3) is 3.17. The Hall–Kier alpha value is -0.860. The van der Waals surface area contributed by atoms with Gasteiger partial charge < -0.3 is 5.32 Å². The number of nitrogens with one attached hydrogen (secondary N) is 1. The smallest absolute Gasteiger partial charge is 0.0476 e. The molecule has 1 aromatic rings. The Morgan fingerprint density at radius 2 is 1.76 bits per heavy atom. The molecule has 2 fully saturated rings. The highest BCUT2D eigenvalue weighted by atomic mass is 15.3. The Balaban J connectivity index is 1.79. The van der Waals surface area contributed by atoms with Gasteiger partial charge in [-0.2, -0.15) is 0 Å². The average Bonchev–Trinajstić information content (AvgIpc) is 2.43. The number of nitrogens with zero attached hydrogens (tertiary/aromatic N) is 1.